The Morgan fingerprint density at radius 2 is 1.81 bits per heavy atom. The largest absolute Gasteiger partial charge is 0.497 e. The Morgan fingerprint density at radius 1 is 0.938 bits per heavy atom. The number of azo groups is 1. The Balaban J connectivity index is 1.32. The van der Waals surface area contributed by atoms with Gasteiger partial charge in [-0.2, -0.15) is 10.2 Å². The summed E-state index contributed by atoms with van der Waals surface area (Å²) in [6.45, 7) is 3.71. The molecule has 2 atom stereocenters. The van der Waals surface area contributed by atoms with Crippen molar-refractivity contribution in [2.45, 2.75) is 63.8 Å². The molecule has 2 fully saturated rings. The summed E-state index contributed by atoms with van der Waals surface area (Å²) in [6.07, 6.45) is 11.6. The van der Waals surface area contributed by atoms with Crippen molar-refractivity contribution < 1.29 is 4.74 Å². The van der Waals surface area contributed by atoms with Crippen LogP contribution in [-0.4, -0.2) is 37.7 Å². The van der Waals surface area contributed by atoms with E-state index >= 15 is 0 Å². The molecule has 2 aromatic rings. The number of ether oxygens (including phenoxy) is 1. The predicted octanol–water partition coefficient (Wildman–Crippen LogP) is 6.67. The minimum atomic E-state index is 0.774. The van der Waals surface area contributed by atoms with E-state index in [2.05, 4.69) is 32.6 Å². The van der Waals surface area contributed by atoms with Crippen molar-refractivity contribution in [3.63, 3.8) is 0 Å². The summed E-state index contributed by atoms with van der Waals surface area (Å²) < 4.78 is 5.31. The maximum absolute atomic E-state index is 5.31. The lowest BCUT2D eigenvalue weighted by Gasteiger charge is -2.44. The van der Waals surface area contributed by atoms with Crippen molar-refractivity contribution in [3.8, 4) is 5.75 Å². The Labute approximate surface area is 192 Å². The van der Waals surface area contributed by atoms with Gasteiger partial charge in [0, 0.05) is 24.3 Å². The molecule has 0 aromatic heterocycles. The van der Waals surface area contributed by atoms with Crippen LogP contribution in [0.5, 0.6) is 5.75 Å². The minimum absolute atomic E-state index is 0.774. The minimum Gasteiger partial charge on any atom is -0.497 e. The molecule has 1 aliphatic carbocycles. The normalized spacial score (nSPS) is 23.5. The van der Waals surface area contributed by atoms with E-state index in [0.717, 1.165) is 48.5 Å². The zero-order valence-corrected chi connectivity index (χ0v) is 19.4. The van der Waals surface area contributed by atoms with E-state index in [1.807, 2.05) is 24.3 Å². The Bertz CT molecular complexity index is 955. The molecular formula is C27H36N4O. The number of rotatable bonds is 6. The van der Waals surface area contributed by atoms with E-state index in [-0.39, 0.29) is 0 Å². The maximum Gasteiger partial charge on any atom is 0.121 e. The fraction of sp³-hybridized carbons (Fsp3) is 0.556. The first kappa shape index (κ1) is 21.4. The molecule has 0 radical (unpaired) electrons. The first-order valence-corrected chi connectivity index (χ1v) is 12.5. The summed E-state index contributed by atoms with van der Waals surface area (Å²) >= 11 is 0. The van der Waals surface area contributed by atoms with Crippen LogP contribution in [0.25, 0.3) is 0 Å². The Morgan fingerprint density at radius 3 is 2.72 bits per heavy atom. The molecule has 0 bridgehead atoms. The third-order valence-corrected chi connectivity index (χ3v) is 7.62. The molecule has 5 rings (SSSR count). The van der Waals surface area contributed by atoms with Crippen LogP contribution in [0.15, 0.2) is 46.6 Å². The monoisotopic (exact) mass is 432 g/mol. The molecule has 2 heterocycles. The van der Waals surface area contributed by atoms with Gasteiger partial charge in [0.2, 0.25) is 0 Å². The molecule has 2 aliphatic heterocycles. The van der Waals surface area contributed by atoms with Gasteiger partial charge in [-0.05, 0) is 106 Å². The predicted molar refractivity (Wildman–Crippen MR) is 131 cm³/mol. The van der Waals surface area contributed by atoms with Gasteiger partial charge >= 0.3 is 0 Å². The summed E-state index contributed by atoms with van der Waals surface area (Å²) in [4.78, 5) is 2.76. The molecule has 0 unspecified atom stereocenters. The Kier molecular flexibility index (Phi) is 6.72. The average Bonchev–Trinajstić information content (AvgIpc) is 2.86. The number of benzene rings is 2. The fourth-order valence-electron chi connectivity index (χ4n) is 5.95. The van der Waals surface area contributed by atoms with Gasteiger partial charge in [-0.1, -0.05) is 12.5 Å². The second-order valence-corrected chi connectivity index (χ2v) is 9.58. The van der Waals surface area contributed by atoms with Gasteiger partial charge in [-0.3, -0.25) is 0 Å². The van der Waals surface area contributed by atoms with Gasteiger partial charge in [0.25, 0.3) is 0 Å². The zero-order chi connectivity index (χ0) is 21.8. The van der Waals surface area contributed by atoms with Crippen LogP contribution < -0.4 is 10.1 Å². The van der Waals surface area contributed by atoms with Crippen molar-refractivity contribution in [1.29, 1.82) is 0 Å². The number of nitrogens with zero attached hydrogens (tertiary/aromatic N) is 3. The highest BCUT2D eigenvalue weighted by Gasteiger charge is 2.32. The first-order valence-electron chi connectivity index (χ1n) is 12.5. The van der Waals surface area contributed by atoms with Crippen molar-refractivity contribution in [2.75, 3.05) is 32.1 Å². The van der Waals surface area contributed by atoms with Crippen molar-refractivity contribution in [3.05, 3.63) is 47.5 Å². The van der Waals surface area contributed by atoms with Crippen LogP contribution >= 0.6 is 0 Å². The summed E-state index contributed by atoms with van der Waals surface area (Å²) in [5.74, 6) is 1.58. The third kappa shape index (κ3) is 4.68. The number of hydrogen-bond acceptors (Lipinski definition) is 5. The Hall–Kier alpha value is -2.40. The van der Waals surface area contributed by atoms with E-state index in [0.29, 0.717) is 0 Å². The molecule has 3 aliphatic rings. The summed E-state index contributed by atoms with van der Waals surface area (Å²) in [7, 11) is 1.68. The van der Waals surface area contributed by atoms with Crippen LogP contribution in [0.1, 0.15) is 56.1 Å². The van der Waals surface area contributed by atoms with Crippen molar-refractivity contribution in [1.82, 2.24) is 4.90 Å². The topological polar surface area (TPSA) is 49.2 Å². The van der Waals surface area contributed by atoms with E-state index in [1.165, 1.54) is 74.8 Å². The van der Waals surface area contributed by atoms with Crippen LogP contribution in [0.4, 0.5) is 17.1 Å². The van der Waals surface area contributed by atoms with E-state index in [4.69, 9.17) is 4.74 Å². The summed E-state index contributed by atoms with van der Waals surface area (Å²) in [5, 5.41) is 13.0. The molecule has 0 spiro atoms. The number of hydrogen-bond donors (Lipinski definition) is 1. The zero-order valence-electron chi connectivity index (χ0n) is 19.4. The smallest absolute Gasteiger partial charge is 0.121 e. The van der Waals surface area contributed by atoms with Crippen LogP contribution in [0, 0.1) is 5.92 Å². The molecule has 1 N–H and O–H groups in total. The number of anilines is 1. The average molecular weight is 433 g/mol. The number of methoxy groups -OCH3 is 1. The van der Waals surface area contributed by atoms with Gasteiger partial charge in [-0.15, -0.1) is 0 Å². The number of fused-ring (bicyclic) bond motifs is 2. The highest BCUT2D eigenvalue weighted by molar-refractivity contribution is 5.64. The molecule has 2 aromatic carbocycles. The lowest BCUT2D eigenvalue weighted by atomic mass is 9.83. The van der Waals surface area contributed by atoms with Gasteiger partial charge < -0.3 is 15.0 Å². The van der Waals surface area contributed by atoms with E-state index in [9.17, 15) is 0 Å². The molecule has 2 saturated heterocycles. The molecular weight excluding hydrogens is 396 g/mol. The lowest BCUT2D eigenvalue weighted by molar-refractivity contribution is 0.0649. The van der Waals surface area contributed by atoms with Gasteiger partial charge in [0.15, 0.2) is 0 Å². The SMILES string of the molecule is COc1cccc(N=Nc2ccc(NC[C@@H]3CCCN4CCCC[C@H]34)c3c2CCCC3)c1. The van der Waals surface area contributed by atoms with Crippen molar-refractivity contribution in [2.24, 2.45) is 16.1 Å². The molecule has 32 heavy (non-hydrogen) atoms. The van der Waals surface area contributed by atoms with Gasteiger partial charge in [0.1, 0.15) is 5.75 Å². The highest BCUT2D eigenvalue weighted by Crippen LogP contribution is 2.37. The summed E-state index contributed by atoms with van der Waals surface area (Å²) in [5.41, 5.74) is 6.02. The van der Waals surface area contributed by atoms with E-state index in [1.54, 1.807) is 7.11 Å². The lowest BCUT2D eigenvalue weighted by Crippen LogP contribution is -2.49. The maximum atomic E-state index is 5.31. The van der Waals surface area contributed by atoms with E-state index < -0.39 is 0 Å². The molecule has 0 saturated carbocycles. The standard InChI is InChI=1S/C27H36N4O/c1-32-22-10-6-9-21(18-22)29-30-26-15-14-25(23-11-2-3-12-24(23)26)28-19-20-8-7-17-31-16-5-4-13-27(20)31/h6,9-10,14-15,18,20,27-28H,2-5,7-8,11-13,16-17,19H2,1H3/t20-,27+/m0/s1. The van der Waals surface area contributed by atoms with Gasteiger partial charge in [0.05, 0.1) is 18.5 Å². The van der Waals surface area contributed by atoms with Crippen molar-refractivity contribution >= 4 is 17.1 Å². The molecule has 170 valence electrons. The molecule has 5 nitrogen and oxygen atoms in total. The highest BCUT2D eigenvalue weighted by atomic mass is 16.5. The molecule has 0 amide bonds. The van der Waals surface area contributed by atoms with Crippen LogP contribution in [0.3, 0.4) is 0 Å². The summed E-state index contributed by atoms with van der Waals surface area (Å²) in [6, 6.07) is 13.0. The number of nitrogens with one attached hydrogen (secondary N) is 1. The quantitative estimate of drug-likeness (QED) is 0.519. The first-order chi connectivity index (χ1) is 15.8. The second kappa shape index (κ2) is 10.0. The third-order valence-electron chi connectivity index (χ3n) is 7.62. The van der Waals surface area contributed by atoms with Gasteiger partial charge in [-0.25, -0.2) is 0 Å². The van der Waals surface area contributed by atoms with Crippen LogP contribution in [0.2, 0.25) is 0 Å². The fourth-order valence-corrected chi connectivity index (χ4v) is 5.95. The second-order valence-electron chi connectivity index (χ2n) is 9.58. The number of piperidine rings is 2. The molecule has 5 heteroatoms. The van der Waals surface area contributed by atoms with Crippen LogP contribution in [-0.2, 0) is 12.8 Å².